The van der Waals surface area contributed by atoms with E-state index in [9.17, 15) is 19.5 Å². The lowest BCUT2D eigenvalue weighted by atomic mass is 10.1. The van der Waals surface area contributed by atoms with Gasteiger partial charge in [0.1, 0.15) is 12.6 Å². The molecule has 58 heavy (non-hydrogen) atoms. The van der Waals surface area contributed by atoms with E-state index >= 15 is 0 Å². The first-order valence-electron chi connectivity index (χ1n) is 21.9. The van der Waals surface area contributed by atoms with Crippen molar-refractivity contribution < 1.29 is 38.2 Å². The van der Waals surface area contributed by atoms with Gasteiger partial charge in [0.2, 0.25) is 0 Å². The summed E-state index contributed by atoms with van der Waals surface area (Å²) in [5.74, 6) is -1.88. The van der Waals surface area contributed by atoms with E-state index in [1.165, 1.54) is 19.3 Å². The zero-order valence-corrected chi connectivity index (χ0v) is 36.9. The summed E-state index contributed by atoms with van der Waals surface area (Å²) in [7, 11) is 5.36. The smallest absolute Gasteiger partial charge is 0.306 e. The zero-order valence-electron chi connectivity index (χ0n) is 36.9. The Morgan fingerprint density at radius 2 is 1.03 bits per heavy atom. The molecule has 0 saturated heterocycles. The predicted molar refractivity (Wildman–Crippen MR) is 240 cm³/mol. The van der Waals surface area contributed by atoms with Crippen molar-refractivity contribution in [3.8, 4) is 0 Å². The summed E-state index contributed by atoms with van der Waals surface area (Å²) < 4.78 is 17.1. The normalized spacial score (nSPS) is 14.0. The highest BCUT2D eigenvalue weighted by Gasteiger charge is 2.25. The number of hydrogen-bond donors (Lipinski definition) is 0. The van der Waals surface area contributed by atoms with Gasteiger partial charge in [-0.1, -0.05) is 155 Å². The Balaban J connectivity index is 4.52. The van der Waals surface area contributed by atoms with Crippen LogP contribution in [0.1, 0.15) is 136 Å². The molecule has 0 aliphatic heterocycles. The van der Waals surface area contributed by atoms with Crippen LogP contribution in [-0.4, -0.2) is 75.5 Å². The fourth-order valence-corrected chi connectivity index (χ4v) is 5.62. The van der Waals surface area contributed by atoms with Crippen molar-refractivity contribution in [2.75, 3.05) is 41.0 Å². The largest absolute Gasteiger partial charge is 0.544 e. The summed E-state index contributed by atoms with van der Waals surface area (Å²) >= 11 is 0. The number of aliphatic carboxylic acids is 1. The number of hydrogen-bond acceptors (Lipinski definition) is 7. The minimum Gasteiger partial charge on any atom is -0.544 e. The number of ether oxygens (including phenoxy) is 3. The highest BCUT2D eigenvalue weighted by molar-refractivity contribution is 5.70. The fraction of sp³-hybridized carbons (Fsp3) is 0.580. The van der Waals surface area contributed by atoms with Crippen molar-refractivity contribution in [2.24, 2.45) is 0 Å². The molecule has 8 heteroatoms. The maximum Gasteiger partial charge on any atom is 0.306 e. The van der Waals surface area contributed by atoms with Crippen LogP contribution in [0.3, 0.4) is 0 Å². The van der Waals surface area contributed by atoms with Gasteiger partial charge in [0, 0.05) is 19.3 Å². The third-order valence-corrected chi connectivity index (χ3v) is 8.98. The molecule has 0 spiro atoms. The Bertz CT molecular complexity index is 1310. The highest BCUT2D eigenvalue weighted by atomic mass is 16.6. The van der Waals surface area contributed by atoms with Gasteiger partial charge in [-0.3, -0.25) is 9.59 Å². The van der Waals surface area contributed by atoms with E-state index in [1.54, 1.807) is 21.1 Å². The number of nitrogens with zero attached hydrogens (tertiary/aromatic N) is 1. The molecule has 0 N–H and O–H groups in total. The molecule has 2 atom stereocenters. The van der Waals surface area contributed by atoms with E-state index in [0.717, 1.165) is 77.0 Å². The van der Waals surface area contributed by atoms with E-state index in [-0.39, 0.29) is 43.1 Å². The minimum atomic E-state index is -1.14. The lowest BCUT2D eigenvalue weighted by molar-refractivity contribution is -0.889. The molecule has 0 aromatic carbocycles. The van der Waals surface area contributed by atoms with E-state index in [4.69, 9.17) is 14.2 Å². The molecule has 0 saturated carbocycles. The number of unbranched alkanes of at least 4 members (excludes halogenated alkanes) is 7. The molecule has 0 bridgehead atoms. The Morgan fingerprint density at radius 3 is 1.57 bits per heavy atom. The second kappa shape index (κ2) is 39.8. The summed E-state index contributed by atoms with van der Waals surface area (Å²) in [6.07, 6.45) is 54.1. The lowest BCUT2D eigenvalue weighted by Gasteiger charge is -2.34. The van der Waals surface area contributed by atoms with Crippen molar-refractivity contribution in [1.82, 2.24) is 0 Å². The molecule has 0 fully saturated rings. The average molecular weight is 806 g/mol. The molecule has 2 unspecified atom stereocenters. The van der Waals surface area contributed by atoms with Gasteiger partial charge in [-0.25, -0.2) is 0 Å². The number of rotatable bonds is 37. The van der Waals surface area contributed by atoms with Crippen LogP contribution in [0.5, 0.6) is 0 Å². The number of carbonyl (C=O) groups excluding carboxylic acids is 3. The standard InChI is InChI=1S/C50H79NO7/c1-6-8-10-12-14-16-18-20-22-23-24-25-27-29-31-33-35-37-39-41-49(53)58-46(44-56-43-42-47(50(54)55)51(3,4)5)45-57-48(52)40-38-36-34-32-30-28-26-21-19-17-15-13-11-9-7-2/h8-11,13-17,19-20,22,24-25,29,31,35,37,46-47H,6-7,12,18,21,23,26-28,30,32-34,36,38-45H2,1-5H3/b10-8+,11-9+,15-13+,16-14+,19-17+,22-20+,25-24+,31-29+,37-35+. The van der Waals surface area contributed by atoms with Crippen LogP contribution >= 0.6 is 0 Å². The van der Waals surface area contributed by atoms with Crippen molar-refractivity contribution in [1.29, 1.82) is 0 Å². The van der Waals surface area contributed by atoms with E-state index in [1.807, 2.05) is 12.2 Å². The summed E-state index contributed by atoms with van der Waals surface area (Å²) in [6, 6.07) is -0.747. The molecule has 8 nitrogen and oxygen atoms in total. The minimum absolute atomic E-state index is 0.00135. The topological polar surface area (TPSA) is 102 Å². The SMILES string of the molecule is CC/C=C/C=C/C=C/CCCCCCCCCC(=O)OCC(COCCC(C(=O)[O-])[N+](C)(C)C)OC(=O)CC/C=C/C/C=C/C/C=C/C/C=C/C/C=C/C/C=C/CC. The number of quaternary nitrogens is 1. The molecular formula is C50H79NO7. The first-order valence-corrected chi connectivity index (χ1v) is 21.9. The number of allylic oxidation sites excluding steroid dienone is 18. The Morgan fingerprint density at radius 1 is 0.534 bits per heavy atom. The van der Waals surface area contributed by atoms with Crippen LogP contribution in [0, 0.1) is 0 Å². The van der Waals surface area contributed by atoms with Crippen molar-refractivity contribution in [2.45, 2.75) is 148 Å². The Hall–Kier alpha value is -4.01. The molecular weight excluding hydrogens is 727 g/mol. The van der Waals surface area contributed by atoms with Gasteiger partial charge >= 0.3 is 11.9 Å². The summed E-state index contributed by atoms with van der Waals surface area (Å²) in [6.45, 7) is 4.29. The lowest BCUT2D eigenvalue weighted by Crippen LogP contribution is -2.55. The second-order valence-corrected chi connectivity index (χ2v) is 15.2. The van der Waals surface area contributed by atoms with E-state index in [2.05, 4.69) is 111 Å². The number of carboxylic acid groups (broad SMARTS) is 1. The maximum atomic E-state index is 12.7. The van der Waals surface area contributed by atoms with Gasteiger partial charge in [-0.15, -0.1) is 0 Å². The van der Waals surface area contributed by atoms with Crippen LogP contribution < -0.4 is 5.11 Å². The summed E-state index contributed by atoms with van der Waals surface area (Å²) in [5, 5.41) is 11.6. The van der Waals surface area contributed by atoms with Crippen LogP contribution in [0.4, 0.5) is 0 Å². The number of carboxylic acids is 1. The second-order valence-electron chi connectivity index (χ2n) is 15.2. The molecule has 0 radical (unpaired) electrons. The monoisotopic (exact) mass is 806 g/mol. The fourth-order valence-electron chi connectivity index (χ4n) is 5.62. The van der Waals surface area contributed by atoms with Crippen molar-refractivity contribution in [3.63, 3.8) is 0 Å². The first-order chi connectivity index (χ1) is 28.1. The average Bonchev–Trinajstić information content (AvgIpc) is 3.18. The van der Waals surface area contributed by atoms with Gasteiger partial charge in [0.15, 0.2) is 6.10 Å². The molecule has 326 valence electrons. The molecule has 0 aliphatic carbocycles. The van der Waals surface area contributed by atoms with Gasteiger partial charge in [-0.05, 0) is 70.6 Å². The van der Waals surface area contributed by atoms with Crippen LogP contribution in [0.2, 0.25) is 0 Å². The van der Waals surface area contributed by atoms with Gasteiger partial charge in [0.25, 0.3) is 0 Å². The highest BCUT2D eigenvalue weighted by Crippen LogP contribution is 2.12. The molecule has 0 aromatic rings. The first kappa shape index (κ1) is 54.0. The van der Waals surface area contributed by atoms with Gasteiger partial charge in [-0.2, -0.15) is 0 Å². The van der Waals surface area contributed by atoms with E-state index < -0.39 is 24.1 Å². The van der Waals surface area contributed by atoms with Crippen LogP contribution in [0.25, 0.3) is 0 Å². The predicted octanol–water partition coefficient (Wildman–Crippen LogP) is 10.7. The zero-order chi connectivity index (χ0) is 42.8. The van der Waals surface area contributed by atoms with Crippen molar-refractivity contribution >= 4 is 17.9 Å². The quantitative estimate of drug-likeness (QED) is 0.0203. The van der Waals surface area contributed by atoms with E-state index in [0.29, 0.717) is 12.8 Å². The third kappa shape index (κ3) is 37.6. The molecule has 0 aliphatic rings. The van der Waals surface area contributed by atoms with Gasteiger partial charge in [0.05, 0.1) is 40.3 Å². The maximum absolute atomic E-state index is 12.7. The molecule has 0 aromatic heterocycles. The van der Waals surface area contributed by atoms with Crippen LogP contribution in [-0.2, 0) is 28.6 Å². The van der Waals surface area contributed by atoms with Crippen LogP contribution in [0.15, 0.2) is 109 Å². The number of carbonyl (C=O) groups is 3. The third-order valence-electron chi connectivity index (χ3n) is 8.98. The number of esters is 2. The summed E-state index contributed by atoms with van der Waals surface area (Å²) in [4.78, 5) is 36.8. The molecule has 0 amide bonds. The summed E-state index contributed by atoms with van der Waals surface area (Å²) in [5.41, 5.74) is 0. The Labute approximate surface area is 353 Å². The molecule has 0 rings (SSSR count). The number of likely N-dealkylation sites (N-methyl/N-ethyl adjacent to an activating group) is 1. The molecule has 0 heterocycles. The van der Waals surface area contributed by atoms with Gasteiger partial charge < -0.3 is 28.6 Å². The Kier molecular flexibility index (Phi) is 37.0. The van der Waals surface area contributed by atoms with Crippen molar-refractivity contribution in [3.05, 3.63) is 109 Å².